The summed E-state index contributed by atoms with van der Waals surface area (Å²) in [6.07, 6.45) is 1.91. The van der Waals surface area contributed by atoms with Gasteiger partial charge in [0.25, 0.3) is 0 Å². The topological polar surface area (TPSA) is 18.5 Å². The van der Waals surface area contributed by atoms with Crippen molar-refractivity contribution in [3.8, 4) is 0 Å². The molecule has 2 unspecified atom stereocenters. The molecule has 3 fully saturated rings. The predicted octanol–water partition coefficient (Wildman–Crippen LogP) is 0.891. The van der Waals surface area contributed by atoms with Gasteiger partial charge in [0.05, 0.1) is 0 Å². The molecule has 2 nitrogen and oxygen atoms in total. The van der Waals surface area contributed by atoms with Crippen molar-refractivity contribution in [2.24, 2.45) is 23.7 Å². The maximum Gasteiger partial charge on any atom is 0.118 e. The minimum Gasteiger partial charge on any atom is -0.228 e. The van der Waals surface area contributed by atoms with Crippen LogP contribution in [-0.2, 0) is 9.78 Å². The van der Waals surface area contributed by atoms with Crippen molar-refractivity contribution in [3.63, 3.8) is 0 Å². The van der Waals surface area contributed by atoms with E-state index >= 15 is 0 Å². The molecule has 0 amide bonds. The van der Waals surface area contributed by atoms with Gasteiger partial charge >= 0.3 is 0 Å². The molecule has 56 valence electrons. The minimum atomic E-state index is 0.389. The SMILES string of the molecule is C1[C@@H]2OO[C@H]1C1=C2C2C3C1C23. The van der Waals surface area contributed by atoms with E-state index in [1.165, 1.54) is 0 Å². The number of rotatable bonds is 0. The summed E-state index contributed by atoms with van der Waals surface area (Å²) < 4.78 is 0. The molecular formula is C9H8O2. The summed E-state index contributed by atoms with van der Waals surface area (Å²) in [4.78, 5) is 10.4. The van der Waals surface area contributed by atoms with Crippen LogP contribution < -0.4 is 0 Å². The molecule has 1 heterocycles. The fourth-order valence-electron chi connectivity index (χ4n) is 3.80. The van der Waals surface area contributed by atoms with E-state index in [1.54, 1.807) is 11.1 Å². The lowest BCUT2D eigenvalue weighted by Gasteiger charge is -2.12. The highest BCUT2D eigenvalue weighted by Crippen LogP contribution is 2.86. The lowest BCUT2D eigenvalue weighted by molar-refractivity contribution is -0.291. The fourth-order valence-corrected chi connectivity index (χ4v) is 3.80. The predicted molar refractivity (Wildman–Crippen MR) is 35.3 cm³/mol. The Kier molecular flexibility index (Phi) is 0.429. The lowest BCUT2D eigenvalue weighted by atomic mass is 10.0. The third-order valence-corrected chi connectivity index (χ3v) is 4.28. The Morgan fingerprint density at radius 2 is 1.45 bits per heavy atom. The number of hydrogen-bond acceptors (Lipinski definition) is 2. The fraction of sp³-hybridized carbons (Fsp3) is 0.778. The molecule has 1 saturated heterocycles. The third kappa shape index (κ3) is 0.284. The molecule has 0 aromatic rings. The second-order valence-corrected chi connectivity index (χ2v) is 4.52. The van der Waals surface area contributed by atoms with Gasteiger partial charge in [-0.15, -0.1) is 0 Å². The Morgan fingerprint density at radius 1 is 0.909 bits per heavy atom. The second-order valence-electron chi connectivity index (χ2n) is 4.52. The Balaban J connectivity index is 1.82. The molecule has 11 heavy (non-hydrogen) atoms. The van der Waals surface area contributed by atoms with Crippen molar-refractivity contribution < 1.29 is 9.78 Å². The van der Waals surface area contributed by atoms with Gasteiger partial charge in [-0.25, -0.2) is 9.78 Å². The number of hydrogen-bond donors (Lipinski definition) is 0. The van der Waals surface area contributed by atoms with E-state index in [0.29, 0.717) is 12.2 Å². The molecule has 6 rings (SSSR count). The van der Waals surface area contributed by atoms with E-state index in [0.717, 1.165) is 30.1 Å². The van der Waals surface area contributed by atoms with Crippen LogP contribution in [-0.4, -0.2) is 12.2 Å². The largest absolute Gasteiger partial charge is 0.228 e. The monoisotopic (exact) mass is 148 g/mol. The van der Waals surface area contributed by atoms with Gasteiger partial charge in [0.15, 0.2) is 0 Å². The van der Waals surface area contributed by atoms with Gasteiger partial charge < -0.3 is 0 Å². The molecule has 4 atom stereocenters. The average molecular weight is 148 g/mol. The molecule has 5 aliphatic carbocycles. The van der Waals surface area contributed by atoms with Crippen molar-refractivity contribution in [1.29, 1.82) is 0 Å². The first-order valence-corrected chi connectivity index (χ1v) is 4.53. The van der Waals surface area contributed by atoms with E-state index in [9.17, 15) is 0 Å². The van der Waals surface area contributed by atoms with Gasteiger partial charge in [0.1, 0.15) is 12.2 Å². The van der Waals surface area contributed by atoms with Crippen LogP contribution in [0.2, 0.25) is 0 Å². The lowest BCUT2D eigenvalue weighted by Crippen LogP contribution is -2.10. The minimum absolute atomic E-state index is 0.389. The van der Waals surface area contributed by atoms with E-state index in [1.807, 2.05) is 0 Å². The molecular weight excluding hydrogens is 140 g/mol. The zero-order valence-electron chi connectivity index (χ0n) is 5.99. The molecule has 2 heteroatoms. The molecule has 4 bridgehead atoms. The summed E-state index contributed by atoms with van der Waals surface area (Å²) in [7, 11) is 0. The van der Waals surface area contributed by atoms with Crippen LogP contribution in [0.5, 0.6) is 0 Å². The van der Waals surface area contributed by atoms with E-state index in [2.05, 4.69) is 0 Å². The summed E-state index contributed by atoms with van der Waals surface area (Å²) >= 11 is 0. The Labute approximate surface area is 64.1 Å². The average Bonchev–Trinajstić information content (AvgIpc) is 2.69. The van der Waals surface area contributed by atoms with Crippen molar-refractivity contribution in [2.45, 2.75) is 18.6 Å². The zero-order chi connectivity index (χ0) is 6.74. The van der Waals surface area contributed by atoms with E-state index < -0.39 is 0 Å². The third-order valence-electron chi connectivity index (χ3n) is 4.28. The van der Waals surface area contributed by atoms with Crippen LogP contribution in [0.1, 0.15) is 6.42 Å². The van der Waals surface area contributed by atoms with Gasteiger partial charge in [0, 0.05) is 6.42 Å². The molecule has 0 aromatic carbocycles. The van der Waals surface area contributed by atoms with Crippen LogP contribution in [0.15, 0.2) is 11.1 Å². The Hall–Kier alpha value is -0.340. The smallest absolute Gasteiger partial charge is 0.118 e. The molecule has 1 aliphatic heterocycles. The highest BCUT2D eigenvalue weighted by atomic mass is 17.2. The van der Waals surface area contributed by atoms with Crippen LogP contribution in [0.3, 0.4) is 0 Å². The summed E-state index contributed by atoms with van der Waals surface area (Å²) in [5, 5.41) is 0. The normalized spacial score (nSPS) is 72.0. The maximum absolute atomic E-state index is 5.22. The molecule has 0 spiro atoms. The Bertz CT molecular complexity index is 282. The van der Waals surface area contributed by atoms with Gasteiger partial charge in [-0.1, -0.05) is 0 Å². The summed E-state index contributed by atoms with van der Waals surface area (Å²) in [5.74, 6) is 4.12. The summed E-state index contributed by atoms with van der Waals surface area (Å²) in [6, 6.07) is 0. The van der Waals surface area contributed by atoms with Crippen molar-refractivity contribution >= 4 is 0 Å². The number of fused-ring (bicyclic) bond motifs is 2. The highest BCUT2D eigenvalue weighted by molar-refractivity contribution is 5.56. The Morgan fingerprint density at radius 3 is 2.00 bits per heavy atom. The van der Waals surface area contributed by atoms with E-state index in [-0.39, 0.29) is 0 Å². The van der Waals surface area contributed by atoms with Gasteiger partial charge in [-0.2, -0.15) is 0 Å². The molecule has 6 aliphatic rings. The molecule has 0 N–H and O–H groups in total. The summed E-state index contributed by atoms with van der Waals surface area (Å²) in [5.41, 5.74) is 3.36. The molecule has 0 aromatic heterocycles. The van der Waals surface area contributed by atoms with Crippen LogP contribution >= 0.6 is 0 Å². The zero-order valence-corrected chi connectivity index (χ0v) is 5.99. The highest BCUT2D eigenvalue weighted by Gasteiger charge is 2.83. The van der Waals surface area contributed by atoms with Crippen LogP contribution in [0.25, 0.3) is 0 Å². The second kappa shape index (κ2) is 1.02. The first-order chi connectivity index (χ1) is 5.47. The van der Waals surface area contributed by atoms with Gasteiger partial charge in [-0.3, -0.25) is 0 Å². The van der Waals surface area contributed by atoms with Crippen molar-refractivity contribution in [1.82, 2.24) is 0 Å². The van der Waals surface area contributed by atoms with Crippen molar-refractivity contribution in [2.75, 3.05) is 0 Å². The van der Waals surface area contributed by atoms with Crippen LogP contribution in [0.4, 0.5) is 0 Å². The quantitative estimate of drug-likeness (QED) is 0.375. The van der Waals surface area contributed by atoms with Crippen LogP contribution in [0, 0.1) is 23.7 Å². The molecule has 2 saturated carbocycles. The van der Waals surface area contributed by atoms with Gasteiger partial charge in [0.2, 0.25) is 0 Å². The summed E-state index contributed by atoms with van der Waals surface area (Å²) in [6.45, 7) is 0. The van der Waals surface area contributed by atoms with Crippen molar-refractivity contribution in [3.05, 3.63) is 11.1 Å². The van der Waals surface area contributed by atoms with E-state index in [4.69, 9.17) is 9.78 Å². The maximum atomic E-state index is 5.22. The standard InChI is InChI=1S/C9H8O2/c1-2-4-5(3(1)11-10-2)7-8-6(4)9(7)8/h2-3,6-9H,1H2/t2-,3+,6?,7?,8?,9?. The van der Waals surface area contributed by atoms with Gasteiger partial charge in [-0.05, 0) is 34.8 Å². The molecule has 0 radical (unpaired) electrons. The first-order valence-electron chi connectivity index (χ1n) is 4.53. The first kappa shape index (κ1) is 4.63.